The Balaban J connectivity index is 1.76. The van der Waals surface area contributed by atoms with Crippen molar-refractivity contribution in [1.29, 1.82) is 0 Å². The van der Waals surface area contributed by atoms with Crippen LogP contribution in [0.5, 0.6) is 11.5 Å². The number of rotatable bonds is 8. The van der Waals surface area contributed by atoms with Crippen LogP contribution < -0.4 is 14.9 Å². The zero-order valence-electron chi connectivity index (χ0n) is 19.3. The maximum Gasteiger partial charge on any atom is 0.338 e. The summed E-state index contributed by atoms with van der Waals surface area (Å²) in [5, 5.41) is 4.12. The SMILES string of the molecule is CCOC(=O)c1ccc(-n2c(C)cc(/C=N\NC(=O)c3ccc(OC)cc3OC)c2C)cc1. The van der Waals surface area contributed by atoms with E-state index in [2.05, 4.69) is 10.5 Å². The zero-order chi connectivity index (χ0) is 24.0. The molecular formula is C25H27N3O5. The predicted molar refractivity (Wildman–Crippen MR) is 126 cm³/mol. The first-order valence-electron chi connectivity index (χ1n) is 10.4. The molecule has 0 aliphatic rings. The molecule has 33 heavy (non-hydrogen) atoms. The number of hydrogen-bond acceptors (Lipinski definition) is 6. The van der Waals surface area contributed by atoms with E-state index in [1.165, 1.54) is 7.11 Å². The van der Waals surface area contributed by atoms with Crippen molar-refractivity contribution < 1.29 is 23.8 Å². The molecular weight excluding hydrogens is 422 g/mol. The molecule has 0 atom stereocenters. The minimum atomic E-state index is -0.394. The van der Waals surface area contributed by atoms with Crippen molar-refractivity contribution >= 4 is 18.1 Å². The lowest BCUT2D eigenvalue weighted by molar-refractivity contribution is 0.0526. The molecule has 0 unspecified atom stereocenters. The number of nitrogens with zero attached hydrogens (tertiary/aromatic N) is 2. The van der Waals surface area contributed by atoms with Crippen LogP contribution in [0.15, 0.2) is 53.6 Å². The summed E-state index contributed by atoms with van der Waals surface area (Å²) in [5.41, 5.74) is 7.07. The molecule has 8 nitrogen and oxygen atoms in total. The topological polar surface area (TPSA) is 91.2 Å². The molecule has 1 amide bonds. The number of esters is 1. The van der Waals surface area contributed by atoms with Crippen LogP contribution >= 0.6 is 0 Å². The maximum absolute atomic E-state index is 12.5. The van der Waals surface area contributed by atoms with Gasteiger partial charge < -0.3 is 18.8 Å². The van der Waals surface area contributed by atoms with Crippen molar-refractivity contribution in [1.82, 2.24) is 9.99 Å². The number of hydrogen-bond donors (Lipinski definition) is 1. The van der Waals surface area contributed by atoms with Gasteiger partial charge in [-0.15, -0.1) is 0 Å². The van der Waals surface area contributed by atoms with Gasteiger partial charge in [-0.1, -0.05) is 0 Å². The van der Waals surface area contributed by atoms with E-state index in [1.54, 1.807) is 50.6 Å². The van der Waals surface area contributed by atoms with E-state index in [9.17, 15) is 9.59 Å². The van der Waals surface area contributed by atoms with Crippen LogP contribution in [-0.4, -0.2) is 43.5 Å². The van der Waals surface area contributed by atoms with E-state index in [4.69, 9.17) is 14.2 Å². The van der Waals surface area contributed by atoms with Crippen molar-refractivity contribution in [3.63, 3.8) is 0 Å². The molecule has 1 aromatic heterocycles. The third kappa shape index (κ3) is 5.23. The number of ether oxygens (including phenoxy) is 3. The molecule has 0 saturated heterocycles. The molecule has 1 heterocycles. The molecule has 0 spiro atoms. The summed E-state index contributed by atoms with van der Waals surface area (Å²) >= 11 is 0. The van der Waals surface area contributed by atoms with Crippen LogP contribution in [0.2, 0.25) is 0 Å². The highest BCUT2D eigenvalue weighted by molar-refractivity contribution is 5.97. The fourth-order valence-electron chi connectivity index (χ4n) is 3.48. The summed E-state index contributed by atoms with van der Waals surface area (Å²) in [4.78, 5) is 24.4. The Kier molecular flexibility index (Phi) is 7.50. The number of nitrogens with one attached hydrogen (secondary N) is 1. The van der Waals surface area contributed by atoms with Crippen LogP contribution in [0.25, 0.3) is 5.69 Å². The van der Waals surface area contributed by atoms with E-state index in [1.807, 2.05) is 36.6 Å². The minimum absolute atomic E-state index is 0.334. The van der Waals surface area contributed by atoms with Gasteiger partial charge in [0.1, 0.15) is 11.5 Å². The number of hydrazone groups is 1. The van der Waals surface area contributed by atoms with Crippen LogP contribution in [0.1, 0.15) is 44.6 Å². The molecule has 0 radical (unpaired) electrons. The maximum atomic E-state index is 12.5. The van der Waals surface area contributed by atoms with Gasteiger partial charge in [0.25, 0.3) is 5.91 Å². The van der Waals surface area contributed by atoms with E-state index < -0.39 is 5.91 Å². The number of benzene rings is 2. The lowest BCUT2D eigenvalue weighted by atomic mass is 10.2. The number of carbonyl (C=O) groups is 2. The highest BCUT2D eigenvalue weighted by atomic mass is 16.5. The average molecular weight is 450 g/mol. The molecule has 3 aromatic rings. The predicted octanol–water partition coefficient (Wildman–Crippen LogP) is 4.05. The van der Waals surface area contributed by atoms with Gasteiger partial charge in [0.15, 0.2) is 0 Å². The van der Waals surface area contributed by atoms with Crippen molar-refractivity contribution in [2.75, 3.05) is 20.8 Å². The van der Waals surface area contributed by atoms with Crippen LogP contribution in [0, 0.1) is 13.8 Å². The highest BCUT2D eigenvalue weighted by Crippen LogP contribution is 2.24. The van der Waals surface area contributed by atoms with E-state index in [0.717, 1.165) is 22.6 Å². The quantitative estimate of drug-likeness (QED) is 0.318. The zero-order valence-corrected chi connectivity index (χ0v) is 19.3. The van der Waals surface area contributed by atoms with Crippen LogP contribution in [0.3, 0.4) is 0 Å². The molecule has 0 aliphatic heterocycles. The summed E-state index contributed by atoms with van der Waals surface area (Å²) in [7, 11) is 3.03. The first-order valence-corrected chi connectivity index (χ1v) is 10.4. The third-order valence-electron chi connectivity index (χ3n) is 5.13. The first-order chi connectivity index (χ1) is 15.9. The van der Waals surface area contributed by atoms with Gasteiger partial charge in [0.2, 0.25) is 0 Å². The molecule has 0 saturated carbocycles. The highest BCUT2D eigenvalue weighted by Gasteiger charge is 2.14. The van der Waals surface area contributed by atoms with E-state index in [-0.39, 0.29) is 5.97 Å². The fourth-order valence-corrected chi connectivity index (χ4v) is 3.48. The monoisotopic (exact) mass is 449 g/mol. The van der Waals surface area contributed by atoms with Crippen molar-refractivity contribution in [2.45, 2.75) is 20.8 Å². The number of aromatic nitrogens is 1. The number of aryl methyl sites for hydroxylation is 1. The molecule has 3 rings (SSSR count). The summed E-state index contributed by atoms with van der Waals surface area (Å²) in [6.07, 6.45) is 1.60. The number of methoxy groups -OCH3 is 2. The molecule has 0 aliphatic carbocycles. The van der Waals surface area contributed by atoms with Crippen LogP contribution in [0.4, 0.5) is 0 Å². The Labute approximate surface area is 192 Å². The molecule has 2 aromatic carbocycles. The van der Waals surface area contributed by atoms with Crippen molar-refractivity contribution in [2.24, 2.45) is 5.10 Å². The lowest BCUT2D eigenvalue weighted by Crippen LogP contribution is -2.18. The molecule has 0 bridgehead atoms. The smallest absolute Gasteiger partial charge is 0.338 e. The van der Waals surface area contributed by atoms with E-state index >= 15 is 0 Å². The summed E-state index contributed by atoms with van der Waals surface area (Å²) in [6.45, 7) is 6.05. The second kappa shape index (κ2) is 10.5. The average Bonchev–Trinajstić information content (AvgIpc) is 3.11. The molecule has 172 valence electrons. The largest absolute Gasteiger partial charge is 0.497 e. The Morgan fingerprint density at radius 3 is 2.39 bits per heavy atom. The van der Waals surface area contributed by atoms with Gasteiger partial charge >= 0.3 is 5.97 Å². The van der Waals surface area contributed by atoms with Crippen molar-refractivity contribution in [3.8, 4) is 17.2 Å². The van der Waals surface area contributed by atoms with Crippen LogP contribution in [-0.2, 0) is 4.74 Å². The number of amides is 1. The molecule has 1 N–H and O–H groups in total. The minimum Gasteiger partial charge on any atom is -0.497 e. The van der Waals surface area contributed by atoms with Gasteiger partial charge in [0, 0.05) is 28.7 Å². The third-order valence-corrected chi connectivity index (χ3v) is 5.13. The normalized spacial score (nSPS) is 10.8. The fraction of sp³-hybridized carbons (Fsp3) is 0.240. The Bertz CT molecular complexity index is 1180. The summed E-state index contributed by atoms with van der Waals surface area (Å²) in [6, 6.07) is 14.1. The molecule has 0 fully saturated rings. The van der Waals surface area contributed by atoms with Gasteiger partial charge in [-0.3, -0.25) is 4.79 Å². The van der Waals surface area contributed by atoms with Gasteiger partial charge in [-0.25, -0.2) is 10.2 Å². The Morgan fingerprint density at radius 2 is 1.76 bits per heavy atom. The Hall–Kier alpha value is -4.07. The van der Waals surface area contributed by atoms with Crippen molar-refractivity contribution in [3.05, 3.63) is 76.6 Å². The second-order valence-corrected chi connectivity index (χ2v) is 7.19. The van der Waals surface area contributed by atoms with Gasteiger partial charge in [-0.05, 0) is 63.2 Å². The lowest BCUT2D eigenvalue weighted by Gasteiger charge is -2.10. The van der Waals surface area contributed by atoms with E-state index in [0.29, 0.717) is 29.2 Å². The standard InChI is InChI=1S/C25H27N3O5/c1-6-33-25(30)18-7-9-20(10-8-18)28-16(2)13-19(17(28)3)15-26-27-24(29)22-12-11-21(31-4)14-23(22)32-5/h7-15H,6H2,1-5H3,(H,27,29)/b26-15-. The van der Waals surface area contributed by atoms with Gasteiger partial charge in [0.05, 0.1) is 38.2 Å². The number of carbonyl (C=O) groups excluding carboxylic acids is 2. The molecule has 8 heteroatoms. The second-order valence-electron chi connectivity index (χ2n) is 7.19. The Morgan fingerprint density at radius 1 is 1.03 bits per heavy atom. The summed E-state index contributed by atoms with van der Waals surface area (Å²) in [5.74, 6) is 0.247. The summed E-state index contributed by atoms with van der Waals surface area (Å²) < 4.78 is 17.5. The first kappa shape index (κ1) is 23.6. The van der Waals surface area contributed by atoms with Gasteiger partial charge in [-0.2, -0.15) is 5.10 Å².